The summed E-state index contributed by atoms with van der Waals surface area (Å²) in [5.74, 6) is 2.00. The van der Waals surface area contributed by atoms with Crippen LogP contribution in [0.5, 0.6) is 0 Å². The second-order valence-electron chi connectivity index (χ2n) is 4.96. The third-order valence-corrected chi connectivity index (χ3v) is 3.33. The van der Waals surface area contributed by atoms with Gasteiger partial charge in [0.2, 0.25) is 0 Å². The van der Waals surface area contributed by atoms with Crippen molar-refractivity contribution in [1.29, 1.82) is 0 Å². The number of rotatable bonds is 6. The highest BCUT2D eigenvalue weighted by atomic mass is 15.1. The zero-order valence-electron chi connectivity index (χ0n) is 8.92. The topological polar surface area (TPSA) is 15.3 Å². The Morgan fingerprint density at radius 1 is 1.38 bits per heavy atom. The van der Waals surface area contributed by atoms with Gasteiger partial charge in [0.05, 0.1) is 0 Å². The van der Waals surface area contributed by atoms with Crippen LogP contribution in [-0.2, 0) is 0 Å². The highest BCUT2D eigenvalue weighted by Crippen LogP contribution is 2.37. The van der Waals surface area contributed by atoms with Crippen molar-refractivity contribution in [2.24, 2.45) is 11.8 Å². The molecule has 13 heavy (non-hydrogen) atoms. The minimum atomic E-state index is 0.869. The zero-order valence-corrected chi connectivity index (χ0v) is 8.92. The van der Waals surface area contributed by atoms with Gasteiger partial charge in [0.15, 0.2) is 0 Å². The number of nitrogens with one attached hydrogen (secondary N) is 1. The first-order valence-electron chi connectivity index (χ1n) is 5.67. The molecule has 2 heteroatoms. The zero-order chi connectivity index (χ0) is 9.26. The lowest BCUT2D eigenvalue weighted by atomic mass is 10.3. The van der Waals surface area contributed by atoms with Crippen LogP contribution in [0.25, 0.3) is 0 Å². The van der Waals surface area contributed by atoms with E-state index in [1.165, 1.54) is 38.9 Å². The Bertz CT molecular complexity index is 165. The molecule has 0 spiro atoms. The van der Waals surface area contributed by atoms with E-state index in [4.69, 9.17) is 0 Å². The first-order chi connectivity index (χ1) is 6.25. The summed E-state index contributed by atoms with van der Waals surface area (Å²) in [7, 11) is 2.25. The summed E-state index contributed by atoms with van der Waals surface area (Å²) >= 11 is 0. The molecule has 1 N–H and O–H groups in total. The summed E-state index contributed by atoms with van der Waals surface area (Å²) in [6, 6.07) is 0.869. The molecule has 2 rings (SSSR count). The molecule has 0 aromatic carbocycles. The Morgan fingerprint density at radius 2 is 2.08 bits per heavy atom. The molecule has 0 aromatic heterocycles. The fraction of sp³-hybridized carbons (Fsp3) is 1.00. The molecule has 2 unspecified atom stereocenters. The smallest absolute Gasteiger partial charge is 0.0104 e. The number of nitrogens with zero attached hydrogens (tertiary/aromatic N) is 1. The van der Waals surface area contributed by atoms with Crippen molar-refractivity contribution in [3.05, 3.63) is 0 Å². The normalized spacial score (nSPS) is 32.5. The lowest BCUT2D eigenvalue weighted by molar-refractivity contribution is 0.313. The average molecular weight is 182 g/mol. The molecular weight excluding hydrogens is 160 g/mol. The minimum absolute atomic E-state index is 0.869. The largest absolute Gasteiger partial charge is 0.313 e. The Morgan fingerprint density at radius 3 is 2.62 bits per heavy atom. The maximum Gasteiger partial charge on any atom is 0.0104 e. The van der Waals surface area contributed by atoms with Gasteiger partial charge >= 0.3 is 0 Å². The van der Waals surface area contributed by atoms with E-state index in [0.29, 0.717) is 0 Å². The van der Waals surface area contributed by atoms with E-state index in [1.807, 2.05) is 0 Å². The van der Waals surface area contributed by atoms with Crippen LogP contribution in [0.15, 0.2) is 0 Å². The van der Waals surface area contributed by atoms with Gasteiger partial charge in [-0.3, -0.25) is 0 Å². The van der Waals surface area contributed by atoms with Gasteiger partial charge in [0, 0.05) is 25.7 Å². The summed E-state index contributed by atoms with van der Waals surface area (Å²) in [5, 5.41) is 3.55. The van der Waals surface area contributed by atoms with E-state index < -0.39 is 0 Å². The molecule has 0 heterocycles. The monoisotopic (exact) mass is 182 g/mol. The predicted molar refractivity (Wildman–Crippen MR) is 55.8 cm³/mol. The second-order valence-corrected chi connectivity index (χ2v) is 4.96. The van der Waals surface area contributed by atoms with E-state index >= 15 is 0 Å². The second kappa shape index (κ2) is 3.97. The molecule has 76 valence electrons. The first-order valence-corrected chi connectivity index (χ1v) is 5.67. The molecule has 2 nitrogen and oxygen atoms in total. The molecule has 0 amide bonds. The number of likely N-dealkylation sites (N-methyl/N-ethyl adjacent to an activating group) is 1. The Balaban J connectivity index is 1.48. The maximum atomic E-state index is 3.55. The summed E-state index contributed by atoms with van der Waals surface area (Å²) in [5.41, 5.74) is 0. The molecule has 2 aliphatic carbocycles. The number of hydrogen-bond donors (Lipinski definition) is 1. The fourth-order valence-electron chi connectivity index (χ4n) is 1.89. The average Bonchev–Trinajstić information content (AvgIpc) is 2.93. The number of hydrogen-bond acceptors (Lipinski definition) is 2. The van der Waals surface area contributed by atoms with Crippen molar-refractivity contribution in [2.75, 3.05) is 26.7 Å². The van der Waals surface area contributed by atoms with Crippen molar-refractivity contribution >= 4 is 0 Å². The van der Waals surface area contributed by atoms with E-state index in [9.17, 15) is 0 Å². The minimum Gasteiger partial charge on any atom is -0.313 e. The first kappa shape index (κ1) is 9.47. The molecule has 0 aliphatic heterocycles. The molecule has 2 atom stereocenters. The van der Waals surface area contributed by atoms with Crippen molar-refractivity contribution in [3.8, 4) is 0 Å². The molecule has 0 aromatic rings. The molecule has 0 bridgehead atoms. The third kappa shape index (κ3) is 3.28. The van der Waals surface area contributed by atoms with Crippen LogP contribution in [0.4, 0.5) is 0 Å². The van der Waals surface area contributed by atoms with Crippen molar-refractivity contribution in [3.63, 3.8) is 0 Å². The van der Waals surface area contributed by atoms with Gasteiger partial charge in [-0.05, 0) is 38.1 Å². The molecule has 2 fully saturated rings. The SMILES string of the molecule is CC1CC1CN(C)CCNC1CC1. The Hall–Kier alpha value is -0.0800. The highest BCUT2D eigenvalue weighted by molar-refractivity contribution is 4.85. The van der Waals surface area contributed by atoms with Gasteiger partial charge < -0.3 is 10.2 Å². The van der Waals surface area contributed by atoms with Crippen LogP contribution in [0.3, 0.4) is 0 Å². The standard InChI is InChI=1S/C11H22N2/c1-9-7-10(9)8-13(2)6-5-12-11-3-4-11/h9-12H,3-8H2,1-2H3. The quantitative estimate of drug-likeness (QED) is 0.666. The van der Waals surface area contributed by atoms with Crippen LogP contribution in [-0.4, -0.2) is 37.6 Å². The summed E-state index contributed by atoms with van der Waals surface area (Å²) in [6.45, 7) is 6.08. The van der Waals surface area contributed by atoms with Gasteiger partial charge in [0.25, 0.3) is 0 Å². The molecular formula is C11H22N2. The van der Waals surface area contributed by atoms with E-state index in [1.54, 1.807) is 0 Å². The van der Waals surface area contributed by atoms with Crippen LogP contribution in [0, 0.1) is 11.8 Å². The van der Waals surface area contributed by atoms with Crippen LogP contribution in [0.1, 0.15) is 26.2 Å². The van der Waals surface area contributed by atoms with Crippen LogP contribution in [0.2, 0.25) is 0 Å². The van der Waals surface area contributed by atoms with Crippen molar-refractivity contribution in [1.82, 2.24) is 10.2 Å². The molecule has 2 aliphatic rings. The maximum absolute atomic E-state index is 3.55. The van der Waals surface area contributed by atoms with Crippen LogP contribution >= 0.6 is 0 Å². The van der Waals surface area contributed by atoms with Crippen molar-refractivity contribution < 1.29 is 0 Å². The summed E-state index contributed by atoms with van der Waals surface area (Å²) in [4.78, 5) is 2.48. The lowest BCUT2D eigenvalue weighted by Gasteiger charge is -2.16. The van der Waals surface area contributed by atoms with Crippen molar-refractivity contribution in [2.45, 2.75) is 32.2 Å². The molecule has 2 saturated carbocycles. The fourth-order valence-corrected chi connectivity index (χ4v) is 1.89. The molecule has 0 radical (unpaired) electrons. The molecule has 0 saturated heterocycles. The predicted octanol–water partition coefficient (Wildman–Crippen LogP) is 1.33. The van der Waals surface area contributed by atoms with E-state index in [0.717, 1.165) is 17.9 Å². The van der Waals surface area contributed by atoms with Crippen LogP contribution < -0.4 is 5.32 Å². The third-order valence-electron chi connectivity index (χ3n) is 3.33. The van der Waals surface area contributed by atoms with Gasteiger partial charge in [-0.25, -0.2) is 0 Å². The van der Waals surface area contributed by atoms with Gasteiger partial charge in [-0.1, -0.05) is 6.92 Å². The lowest BCUT2D eigenvalue weighted by Crippen LogP contribution is -2.31. The van der Waals surface area contributed by atoms with E-state index in [-0.39, 0.29) is 0 Å². The van der Waals surface area contributed by atoms with Gasteiger partial charge in [-0.15, -0.1) is 0 Å². The Labute approximate surface area is 81.7 Å². The van der Waals surface area contributed by atoms with E-state index in [2.05, 4.69) is 24.2 Å². The Kier molecular flexibility index (Phi) is 2.89. The summed E-state index contributed by atoms with van der Waals surface area (Å²) in [6.07, 6.45) is 4.27. The van der Waals surface area contributed by atoms with Gasteiger partial charge in [-0.2, -0.15) is 0 Å². The van der Waals surface area contributed by atoms with Gasteiger partial charge in [0.1, 0.15) is 0 Å². The highest BCUT2D eigenvalue weighted by Gasteiger charge is 2.32. The summed E-state index contributed by atoms with van der Waals surface area (Å²) < 4.78 is 0.